The van der Waals surface area contributed by atoms with Gasteiger partial charge in [0.2, 0.25) is 10.0 Å². The number of sulfonamides is 1. The van der Waals surface area contributed by atoms with Gasteiger partial charge in [-0.1, -0.05) is 30.3 Å². The molecule has 0 aromatic heterocycles. The minimum absolute atomic E-state index is 0.264. The Balaban J connectivity index is 1.82. The maximum atomic E-state index is 12.2. The van der Waals surface area contributed by atoms with Crippen molar-refractivity contribution in [1.82, 2.24) is 14.9 Å². The first-order chi connectivity index (χ1) is 13.0. The van der Waals surface area contributed by atoms with Crippen LogP contribution in [0.15, 0.2) is 69.4 Å². The molecule has 0 bridgehead atoms. The van der Waals surface area contributed by atoms with E-state index in [1.54, 1.807) is 49.1 Å². The smallest absolute Gasteiger partial charge is 0.240 e. The van der Waals surface area contributed by atoms with Crippen molar-refractivity contribution in [3.05, 3.63) is 60.2 Å². The number of nitrogens with zero attached hydrogens (tertiary/aromatic N) is 2. The van der Waals surface area contributed by atoms with Crippen molar-refractivity contribution in [3.8, 4) is 0 Å². The summed E-state index contributed by atoms with van der Waals surface area (Å²) in [5.41, 5.74) is 1.18. The number of rotatable bonds is 8. The molecule has 2 rings (SSSR count). The quantitative estimate of drug-likeness (QED) is 0.305. The molecule has 0 aliphatic heterocycles. The molecule has 0 aliphatic carbocycles. The minimum Gasteiger partial charge on any atom is -0.355 e. The topological polar surface area (TPSA) is 73.8 Å². The second-order valence-electron chi connectivity index (χ2n) is 5.89. The van der Waals surface area contributed by atoms with Crippen molar-refractivity contribution >= 4 is 27.7 Å². The fourth-order valence-corrected chi connectivity index (χ4v) is 3.97. The first-order valence-corrected chi connectivity index (χ1v) is 11.3. The maximum Gasteiger partial charge on any atom is 0.240 e. The van der Waals surface area contributed by atoms with Crippen LogP contribution in [0.3, 0.4) is 0 Å². The molecule has 0 spiro atoms. The highest BCUT2D eigenvalue weighted by Gasteiger charge is 2.12. The third kappa shape index (κ3) is 6.57. The average molecular weight is 407 g/mol. The molecule has 0 atom stereocenters. The molecule has 6 nitrogen and oxygen atoms in total. The Bertz CT molecular complexity index is 838. The lowest BCUT2D eigenvalue weighted by molar-refractivity contribution is 0.476. The molecule has 0 aliphatic rings. The summed E-state index contributed by atoms with van der Waals surface area (Å²) in [6, 6.07) is 16.7. The van der Waals surface area contributed by atoms with Crippen LogP contribution in [0.5, 0.6) is 0 Å². The van der Waals surface area contributed by atoms with Crippen LogP contribution >= 0.6 is 11.8 Å². The van der Waals surface area contributed by atoms with E-state index in [9.17, 15) is 8.42 Å². The molecule has 0 saturated heterocycles. The molecule has 8 heteroatoms. The van der Waals surface area contributed by atoms with E-state index >= 15 is 0 Å². The van der Waals surface area contributed by atoms with Gasteiger partial charge in [-0.3, -0.25) is 4.99 Å². The molecule has 0 heterocycles. The summed E-state index contributed by atoms with van der Waals surface area (Å²) < 4.78 is 27.0. The van der Waals surface area contributed by atoms with Gasteiger partial charge in [0, 0.05) is 38.6 Å². The summed E-state index contributed by atoms with van der Waals surface area (Å²) in [5, 5.41) is 3.18. The molecule has 0 fully saturated rings. The number of nitrogens with one attached hydrogen (secondary N) is 2. The van der Waals surface area contributed by atoms with Crippen LogP contribution in [0, 0.1) is 0 Å². The van der Waals surface area contributed by atoms with Gasteiger partial charge in [0.05, 0.1) is 4.90 Å². The average Bonchev–Trinajstić information content (AvgIpc) is 2.69. The predicted molar refractivity (Wildman–Crippen MR) is 113 cm³/mol. The summed E-state index contributed by atoms with van der Waals surface area (Å²) in [7, 11) is 0.177. The lowest BCUT2D eigenvalue weighted by Gasteiger charge is -2.22. The SMILES string of the molecule is CN=C(NCCNS(=O)(=O)c1ccccc1)N(C)Cc1ccc(SC)cc1. The Morgan fingerprint density at radius 3 is 2.33 bits per heavy atom. The van der Waals surface area contributed by atoms with Gasteiger partial charge >= 0.3 is 0 Å². The minimum atomic E-state index is -3.49. The van der Waals surface area contributed by atoms with Gasteiger partial charge in [-0.25, -0.2) is 13.1 Å². The lowest BCUT2D eigenvalue weighted by atomic mass is 10.2. The molecule has 2 aromatic rings. The van der Waals surface area contributed by atoms with Crippen LogP contribution in [0.2, 0.25) is 0 Å². The van der Waals surface area contributed by atoms with Crippen molar-refractivity contribution in [2.24, 2.45) is 4.99 Å². The zero-order valence-electron chi connectivity index (χ0n) is 15.8. The Hall–Kier alpha value is -2.03. The molecule has 0 unspecified atom stereocenters. The van der Waals surface area contributed by atoms with E-state index < -0.39 is 10.0 Å². The van der Waals surface area contributed by atoms with Crippen LogP contribution in [0.4, 0.5) is 0 Å². The summed E-state index contributed by atoms with van der Waals surface area (Å²) in [6.45, 7) is 1.42. The van der Waals surface area contributed by atoms with Crippen LogP contribution in [0.25, 0.3) is 0 Å². The van der Waals surface area contributed by atoms with Crippen LogP contribution in [0.1, 0.15) is 5.56 Å². The number of hydrogen-bond donors (Lipinski definition) is 2. The van der Waals surface area contributed by atoms with Crippen molar-refractivity contribution < 1.29 is 8.42 Å². The van der Waals surface area contributed by atoms with Crippen LogP contribution < -0.4 is 10.0 Å². The van der Waals surface area contributed by atoms with E-state index in [2.05, 4.69) is 45.6 Å². The number of aliphatic imine (C=N–C) groups is 1. The van der Waals surface area contributed by atoms with E-state index in [1.165, 1.54) is 10.5 Å². The lowest BCUT2D eigenvalue weighted by Crippen LogP contribution is -2.42. The second kappa shape index (κ2) is 10.3. The molecule has 0 saturated carbocycles. The molecule has 146 valence electrons. The molecule has 2 aromatic carbocycles. The van der Waals surface area contributed by atoms with Crippen LogP contribution in [-0.2, 0) is 16.6 Å². The first kappa shape index (κ1) is 21.3. The Morgan fingerprint density at radius 1 is 1.07 bits per heavy atom. The number of guanidine groups is 1. The van der Waals surface area contributed by atoms with E-state index in [1.807, 2.05) is 11.9 Å². The summed E-state index contributed by atoms with van der Waals surface area (Å²) >= 11 is 1.72. The predicted octanol–water partition coefficient (Wildman–Crippen LogP) is 2.39. The summed E-state index contributed by atoms with van der Waals surface area (Å²) in [5.74, 6) is 0.711. The third-order valence-corrected chi connectivity index (χ3v) is 6.13. The van der Waals surface area contributed by atoms with Gasteiger partial charge in [-0.15, -0.1) is 11.8 Å². The van der Waals surface area contributed by atoms with Gasteiger partial charge in [0.25, 0.3) is 0 Å². The standard InChI is InChI=1S/C19H26N4O2S2/c1-20-19(23(2)15-16-9-11-17(26-3)12-10-16)21-13-14-22-27(24,25)18-7-5-4-6-8-18/h4-12,22H,13-15H2,1-3H3,(H,20,21). The third-order valence-electron chi connectivity index (χ3n) is 3.91. The van der Waals surface area contributed by atoms with Gasteiger partial charge < -0.3 is 10.2 Å². The first-order valence-electron chi connectivity index (χ1n) is 8.55. The zero-order chi connectivity index (χ0) is 19.7. The zero-order valence-corrected chi connectivity index (χ0v) is 17.5. The van der Waals surface area contributed by atoms with E-state index in [-0.39, 0.29) is 11.4 Å². The Kier molecular flexibility index (Phi) is 8.15. The normalized spacial score (nSPS) is 12.0. The summed E-state index contributed by atoms with van der Waals surface area (Å²) in [6.07, 6.45) is 2.05. The number of benzene rings is 2. The highest BCUT2D eigenvalue weighted by atomic mass is 32.2. The molecular formula is C19H26N4O2S2. The second-order valence-corrected chi connectivity index (χ2v) is 8.54. The molecule has 27 heavy (non-hydrogen) atoms. The van der Waals surface area contributed by atoms with Gasteiger partial charge in [-0.2, -0.15) is 0 Å². The maximum absolute atomic E-state index is 12.2. The number of hydrogen-bond acceptors (Lipinski definition) is 4. The largest absolute Gasteiger partial charge is 0.355 e. The fraction of sp³-hybridized carbons (Fsp3) is 0.316. The number of thioether (sulfide) groups is 1. The van der Waals surface area contributed by atoms with Crippen LogP contribution in [-0.4, -0.2) is 52.7 Å². The molecular weight excluding hydrogens is 380 g/mol. The van der Waals surface area contributed by atoms with E-state index in [0.29, 0.717) is 19.0 Å². The molecule has 2 N–H and O–H groups in total. The van der Waals surface area contributed by atoms with Gasteiger partial charge in [0.1, 0.15) is 0 Å². The van der Waals surface area contributed by atoms with Crippen molar-refractivity contribution in [3.63, 3.8) is 0 Å². The highest BCUT2D eigenvalue weighted by molar-refractivity contribution is 7.98. The van der Waals surface area contributed by atoms with Crippen molar-refractivity contribution in [2.45, 2.75) is 16.3 Å². The fourth-order valence-electron chi connectivity index (χ4n) is 2.51. The van der Waals surface area contributed by atoms with E-state index in [4.69, 9.17) is 0 Å². The highest BCUT2D eigenvalue weighted by Crippen LogP contribution is 2.15. The Morgan fingerprint density at radius 2 is 1.74 bits per heavy atom. The van der Waals surface area contributed by atoms with Crippen molar-refractivity contribution in [1.29, 1.82) is 0 Å². The molecule has 0 amide bonds. The monoisotopic (exact) mass is 406 g/mol. The van der Waals surface area contributed by atoms with Crippen molar-refractivity contribution in [2.75, 3.05) is 33.4 Å². The Labute approximate surface area is 166 Å². The van der Waals surface area contributed by atoms with Gasteiger partial charge in [0.15, 0.2) is 5.96 Å². The molecule has 0 radical (unpaired) electrons. The summed E-state index contributed by atoms with van der Waals surface area (Å²) in [4.78, 5) is 7.76. The van der Waals surface area contributed by atoms with E-state index in [0.717, 1.165) is 0 Å². The van der Waals surface area contributed by atoms with Gasteiger partial charge in [-0.05, 0) is 36.1 Å².